The summed E-state index contributed by atoms with van der Waals surface area (Å²) >= 11 is 6.04. The molecular weight excluding hydrogens is 286 g/mol. The predicted molar refractivity (Wildman–Crippen MR) is 74.4 cm³/mol. The normalized spacial score (nSPS) is 21.8. The number of rotatable bonds is 2. The smallest absolute Gasteiger partial charge is 0.169 e. The summed E-state index contributed by atoms with van der Waals surface area (Å²) in [5, 5.41) is 1.30. The molecule has 2 aromatic rings. The van der Waals surface area contributed by atoms with Crippen molar-refractivity contribution in [2.24, 2.45) is 5.92 Å². The molecule has 1 N–H and O–H groups in total. The topological polar surface area (TPSA) is 67.0 Å². The van der Waals surface area contributed by atoms with Crippen LogP contribution in [0.3, 0.4) is 0 Å². The van der Waals surface area contributed by atoms with Gasteiger partial charge in [-0.3, -0.25) is 4.79 Å². The van der Waals surface area contributed by atoms with E-state index in [0.29, 0.717) is 22.5 Å². The highest BCUT2D eigenvalue weighted by Crippen LogP contribution is 2.29. The Bertz CT molecular complexity index is 763. The molecule has 1 saturated heterocycles. The van der Waals surface area contributed by atoms with Gasteiger partial charge in [0.1, 0.15) is 0 Å². The minimum absolute atomic E-state index is 0.0426. The number of hydrogen-bond acceptors (Lipinski definition) is 3. The molecule has 4 nitrogen and oxygen atoms in total. The van der Waals surface area contributed by atoms with E-state index in [1.165, 1.54) is 0 Å². The lowest BCUT2D eigenvalue weighted by Crippen LogP contribution is -2.15. The zero-order valence-corrected chi connectivity index (χ0v) is 11.6. The number of nitrogens with one attached hydrogen (secondary N) is 1. The van der Waals surface area contributed by atoms with Crippen LogP contribution in [0.5, 0.6) is 0 Å². The lowest BCUT2D eigenvalue weighted by molar-refractivity contribution is 0.0935. The largest absolute Gasteiger partial charge is 0.359 e. The first-order valence-electron chi connectivity index (χ1n) is 5.98. The molecule has 3 rings (SSSR count). The molecule has 0 amide bonds. The van der Waals surface area contributed by atoms with E-state index in [9.17, 15) is 13.2 Å². The molecule has 0 saturated carbocycles. The van der Waals surface area contributed by atoms with Gasteiger partial charge in [-0.25, -0.2) is 8.42 Å². The molecule has 1 aliphatic heterocycles. The maximum absolute atomic E-state index is 12.4. The lowest BCUT2D eigenvalue weighted by Gasteiger charge is -2.05. The number of carbonyl (C=O) groups excluding carboxylic acids is 1. The number of Topliss-reactive ketones (excluding diaryl/α,β-unsaturated/α-hetero) is 1. The zero-order chi connectivity index (χ0) is 13.6. The van der Waals surface area contributed by atoms with Gasteiger partial charge in [-0.2, -0.15) is 0 Å². The standard InChI is InChI=1S/C13H12ClNO3S/c14-11-3-1-2-9-10(6-15-12(9)11)13(16)8-4-5-19(17,18)7-8/h1-3,6,8,15H,4-5,7H2. The number of benzene rings is 1. The number of halogens is 1. The van der Waals surface area contributed by atoms with E-state index in [0.717, 1.165) is 5.39 Å². The summed E-state index contributed by atoms with van der Waals surface area (Å²) in [4.78, 5) is 15.4. The van der Waals surface area contributed by atoms with E-state index in [2.05, 4.69) is 4.98 Å². The summed E-state index contributed by atoms with van der Waals surface area (Å²) in [5.74, 6) is -0.483. The van der Waals surface area contributed by atoms with Crippen LogP contribution in [0.2, 0.25) is 5.02 Å². The molecule has 1 unspecified atom stereocenters. The zero-order valence-electron chi connectivity index (χ0n) is 10.0. The molecule has 19 heavy (non-hydrogen) atoms. The number of fused-ring (bicyclic) bond motifs is 1. The molecule has 1 aromatic carbocycles. The molecule has 0 aliphatic carbocycles. The highest BCUT2D eigenvalue weighted by molar-refractivity contribution is 7.91. The minimum atomic E-state index is -3.05. The van der Waals surface area contributed by atoms with E-state index in [1.54, 1.807) is 18.3 Å². The van der Waals surface area contributed by atoms with Crippen LogP contribution in [0, 0.1) is 5.92 Å². The SMILES string of the molecule is O=C(c1c[nH]c2c(Cl)cccc12)C1CCS(=O)(=O)C1. The number of ketones is 1. The average molecular weight is 298 g/mol. The van der Waals surface area contributed by atoms with Gasteiger partial charge in [0.2, 0.25) is 0 Å². The van der Waals surface area contributed by atoms with E-state index in [1.807, 2.05) is 6.07 Å². The third-order valence-electron chi connectivity index (χ3n) is 3.53. The summed E-state index contributed by atoms with van der Waals surface area (Å²) in [5.41, 5.74) is 1.24. The van der Waals surface area contributed by atoms with Crippen molar-refractivity contribution in [3.63, 3.8) is 0 Å². The van der Waals surface area contributed by atoms with Gasteiger partial charge >= 0.3 is 0 Å². The molecule has 0 bridgehead atoms. The first-order chi connectivity index (χ1) is 8.98. The summed E-state index contributed by atoms with van der Waals surface area (Å²) in [7, 11) is -3.05. The molecule has 1 atom stereocenters. The number of H-pyrrole nitrogens is 1. The molecule has 0 radical (unpaired) electrons. The Morgan fingerprint density at radius 3 is 2.84 bits per heavy atom. The Labute approximate surface area is 115 Å². The number of carbonyl (C=O) groups is 1. The first kappa shape index (κ1) is 12.7. The predicted octanol–water partition coefficient (Wildman–Crippen LogP) is 2.44. The minimum Gasteiger partial charge on any atom is -0.359 e. The molecule has 6 heteroatoms. The number of para-hydroxylation sites is 1. The first-order valence-corrected chi connectivity index (χ1v) is 8.18. The van der Waals surface area contributed by atoms with E-state index in [-0.39, 0.29) is 17.3 Å². The van der Waals surface area contributed by atoms with Crippen molar-refractivity contribution in [2.75, 3.05) is 11.5 Å². The van der Waals surface area contributed by atoms with Crippen LogP contribution < -0.4 is 0 Å². The summed E-state index contributed by atoms with van der Waals surface area (Å²) < 4.78 is 22.9. The number of sulfone groups is 1. The van der Waals surface area contributed by atoms with Crippen molar-refractivity contribution >= 4 is 38.1 Å². The fraction of sp³-hybridized carbons (Fsp3) is 0.308. The van der Waals surface area contributed by atoms with E-state index in [4.69, 9.17) is 11.6 Å². The van der Waals surface area contributed by atoms with Gasteiger partial charge in [-0.15, -0.1) is 0 Å². The molecule has 1 aliphatic rings. The van der Waals surface area contributed by atoms with Crippen molar-refractivity contribution < 1.29 is 13.2 Å². The van der Waals surface area contributed by atoms with Gasteiger partial charge in [0, 0.05) is 23.1 Å². The highest BCUT2D eigenvalue weighted by Gasteiger charge is 2.34. The van der Waals surface area contributed by atoms with Crippen LogP contribution in [0.25, 0.3) is 10.9 Å². The van der Waals surface area contributed by atoms with Crippen molar-refractivity contribution in [1.29, 1.82) is 0 Å². The van der Waals surface area contributed by atoms with Crippen LogP contribution in [-0.4, -0.2) is 30.7 Å². The molecule has 1 aromatic heterocycles. The van der Waals surface area contributed by atoms with Gasteiger partial charge in [0.25, 0.3) is 0 Å². The molecule has 1 fully saturated rings. The lowest BCUT2D eigenvalue weighted by atomic mass is 9.97. The fourth-order valence-electron chi connectivity index (χ4n) is 2.54. The second-order valence-electron chi connectivity index (χ2n) is 4.83. The van der Waals surface area contributed by atoms with Crippen LogP contribution in [0.4, 0.5) is 0 Å². The van der Waals surface area contributed by atoms with Crippen LogP contribution in [0.1, 0.15) is 16.8 Å². The fourth-order valence-corrected chi connectivity index (χ4v) is 4.51. The van der Waals surface area contributed by atoms with Crippen molar-refractivity contribution in [3.05, 3.63) is 35.0 Å². The Hall–Kier alpha value is -1.33. The number of aromatic nitrogens is 1. The van der Waals surface area contributed by atoms with Gasteiger partial charge in [0.05, 0.1) is 22.0 Å². The Kier molecular flexibility index (Phi) is 2.91. The Balaban J connectivity index is 2.01. The monoisotopic (exact) mass is 297 g/mol. The average Bonchev–Trinajstić information content (AvgIpc) is 2.93. The number of hydrogen-bond donors (Lipinski definition) is 1. The summed E-state index contributed by atoms with van der Waals surface area (Å²) in [6.07, 6.45) is 2.03. The van der Waals surface area contributed by atoms with Crippen LogP contribution >= 0.6 is 11.6 Å². The third kappa shape index (κ3) is 2.17. The Morgan fingerprint density at radius 1 is 1.37 bits per heavy atom. The van der Waals surface area contributed by atoms with Crippen molar-refractivity contribution in [1.82, 2.24) is 4.98 Å². The van der Waals surface area contributed by atoms with Gasteiger partial charge in [-0.05, 0) is 12.5 Å². The quantitative estimate of drug-likeness (QED) is 0.866. The highest BCUT2D eigenvalue weighted by atomic mass is 35.5. The second kappa shape index (κ2) is 4.35. The van der Waals surface area contributed by atoms with Gasteiger partial charge in [0.15, 0.2) is 15.6 Å². The third-order valence-corrected chi connectivity index (χ3v) is 5.62. The second-order valence-corrected chi connectivity index (χ2v) is 7.46. The van der Waals surface area contributed by atoms with E-state index < -0.39 is 15.8 Å². The maximum atomic E-state index is 12.4. The van der Waals surface area contributed by atoms with Crippen molar-refractivity contribution in [3.8, 4) is 0 Å². The van der Waals surface area contributed by atoms with Crippen LogP contribution in [0.15, 0.2) is 24.4 Å². The molecular formula is C13H12ClNO3S. The maximum Gasteiger partial charge on any atom is 0.169 e. The summed E-state index contributed by atoms with van der Waals surface area (Å²) in [6.45, 7) is 0. The van der Waals surface area contributed by atoms with Gasteiger partial charge < -0.3 is 4.98 Å². The molecule has 100 valence electrons. The Morgan fingerprint density at radius 2 is 2.16 bits per heavy atom. The number of aromatic amines is 1. The molecule has 2 heterocycles. The summed E-state index contributed by atoms with van der Waals surface area (Å²) in [6, 6.07) is 5.34. The van der Waals surface area contributed by atoms with E-state index >= 15 is 0 Å². The van der Waals surface area contributed by atoms with Crippen LogP contribution in [-0.2, 0) is 9.84 Å². The van der Waals surface area contributed by atoms with Crippen molar-refractivity contribution in [2.45, 2.75) is 6.42 Å². The molecule has 0 spiro atoms. The van der Waals surface area contributed by atoms with Gasteiger partial charge in [-0.1, -0.05) is 23.7 Å².